The fourth-order valence-electron chi connectivity index (χ4n) is 2.84. The lowest BCUT2D eigenvalue weighted by molar-refractivity contribution is -0.120. The standard InChI is InChI=1S/C20H23N3O2/c1-3-20(24)21-13-12-19-22-17-6-4-5-7-18(17)23(19)14-15-8-10-16(25-2)11-9-15/h4-11H,3,12-14H2,1-2H3,(H,21,24). The molecule has 0 saturated heterocycles. The quantitative estimate of drug-likeness (QED) is 0.720. The van der Waals surface area contributed by atoms with Gasteiger partial charge in [0.2, 0.25) is 5.91 Å². The van der Waals surface area contributed by atoms with Crippen LogP contribution in [0.15, 0.2) is 48.5 Å². The molecule has 1 amide bonds. The van der Waals surface area contributed by atoms with Gasteiger partial charge >= 0.3 is 0 Å². The molecule has 0 atom stereocenters. The van der Waals surface area contributed by atoms with Crippen LogP contribution >= 0.6 is 0 Å². The lowest BCUT2D eigenvalue weighted by atomic mass is 10.2. The van der Waals surface area contributed by atoms with E-state index in [9.17, 15) is 4.79 Å². The molecule has 2 aromatic carbocycles. The molecule has 25 heavy (non-hydrogen) atoms. The van der Waals surface area contributed by atoms with Gasteiger partial charge in [0.25, 0.3) is 0 Å². The summed E-state index contributed by atoms with van der Waals surface area (Å²) in [6.07, 6.45) is 1.21. The van der Waals surface area contributed by atoms with E-state index in [2.05, 4.69) is 28.1 Å². The van der Waals surface area contributed by atoms with E-state index >= 15 is 0 Å². The number of imidazole rings is 1. The van der Waals surface area contributed by atoms with Gasteiger partial charge in [-0.05, 0) is 29.8 Å². The molecular formula is C20H23N3O2. The van der Waals surface area contributed by atoms with Gasteiger partial charge in [0.15, 0.2) is 0 Å². The number of benzene rings is 2. The number of carbonyl (C=O) groups excluding carboxylic acids is 1. The van der Waals surface area contributed by atoms with Crippen LogP contribution in [-0.2, 0) is 17.8 Å². The third kappa shape index (κ3) is 3.99. The van der Waals surface area contributed by atoms with Crippen LogP contribution in [0.25, 0.3) is 11.0 Å². The molecule has 0 aliphatic heterocycles. The van der Waals surface area contributed by atoms with Crippen molar-refractivity contribution in [3.63, 3.8) is 0 Å². The molecule has 0 radical (unpaired) electrons. The first kappa shape index (κ1) is 17.0. The van der Waals surface area contributed by atoms with E-state index in [-0.39, 0.29) is 5.91 Å². The summed E-state index contributed by atoms with van der Waals surface area (Å²) >= 11 is 0. The van der Waals surface area contributed by atoms with E-state index < -0.39 is 0 Å². The summed E-state index contributed by atoms with van der Waals surface area (Å²) in [7, 11) is 1.67. The minimum Gasteiger partial charge on any atom is -0.497 e. The molecule has 130 valence electrons. The van der Waals surface area contributed by atoms with Gasteiger partial charge in [-0.15, -0.1) is 0 Å². The van der Waals surface area contributed by atoms with E-state index in [1.54, 1.807) is 7.11 Å². The van der Waals surface area contributed by atoms with Crippen LogP contribution < -0.4 is 10.1 Å². The largest absolute Gasteiger partial charge is 0.497 e. The zero-order valence-electron chi connectivity index (χ0n) is 14.7. The Morgan fingerprint density at radius 1 is 1.16 bits per heavy atom. The number of hydrogen-bond acceptors (Lipinski definition) is 3. The van der Waals surface area contributed by atoms with Gasteiger partial charge in [-0.1, -0.05) is 31.2 Å². The molecule has 0 saturated carbocycles. The molecule has 3 rings (SSSR count). The van der Waals surface area contributed by atoms with Crippen molar-refractivity contribution in [3.8, 4) is 5.75 Å². The second kappa shape index (κ2) is 7.83. The van der Waals surface area contributed by atoms with Crippen LogP contribution in [-0.4, -0.2) is 29.1 Å². The zero-order chi connectivity index (χ0) is 17.6. The van der Waals surface area contributed by atoms with Crippen LogP contribution in [0.3, 0.4) is 0 Å². The number of para-hydroxylation sites is 2. The summed E-state index contributed by atoms with van der Waals surface area (Å²) in [5, 5.41) is 2.92. The molecule has 0 spiro atoms. The topological polar surface area (TPSA) is 56.2 Å². The Morgan fingerprint density at radius 3 is 2.64 bits per heavy atom. The van der Waals surface area contributed by atoms with E-state index in [1.165, 1.54) is 5.56 Å². The highest BCUT2D eigenvalue weighted by atomic mass is 16.5. The summed E-state index contributed by atoms with van der Waals surface area (Å²) in [6.45, 7) is 3.19. The Labute approximate surface area is 147 Å². The maximum Gasteiger partial charge on any atom is 0.219 e. The molecule has 0 aliphatic rings. The molecule has 1 aromatic heterocycles. The van der Waals surface area contributed by atoms with E-state index in [1.807, 2.05) is 37.3 Å². The van der Waals surface area contributed by atoms with Crippen LogP contribution in [0.4, 0.5) is 0 Å². The van der Waals surface area contributed by atoms with Crippen molar-refractivity contribution in [2.45, 2.75) is 26.3 Å². The van der Waals surface area contributed by atoms with Crippen molar-refractivity contribution in [1.82, 2.24) is 14.9 Å². The number of nitrogens with zero attached hydrogens (tertiary/aromatic N) is 2. The molecule has 0 unspecified atom stereocenters. The molecule has 5 nitrogen and oxygen atoms in total. The molecule has 0 fully saturated rings. The summed E-state index contributed by atoms with van der Waals surface area (Å²) in [4.78, 5) is 16.2. The van der Waals surface area contributed by atoms with E-state index in [4.69, 9.17) is 9.72 Å². The Balaban J connectivity index is 1.85. The molecule has 1 heterocycles. The van der Waals surface area contributed by atoms with Gasteiger partial charge in [-0.25, -0.2) is 4.98 Å². The van der Waals surface area contributed by atoms with Gasteiger partial charge in [-0.3, -0.25) is 4.79 Å². The third-order valence-electron chi connectivity index (χ3n) is 4.23. The Bertz CT molecular complexity index is 853. The van der Waals surface area contributed by atoms with Crippen LogP contribution in [0, 0.1) is 0 Å². The number of fused-ring (bicyclic) bond motifs is 1. The Morgan fingerprint density at radius 2 is 1.92 bits per heavy atom. The number of nitrogens with one attached hydrogen (secondary N) is 1. The first-order valence-corrected chi connectivity index (χ1v) is 8.55. The minimum atomic E-state index is 0.0674. The van der Waals surface area contributed by atoms with Gasteiger partial charge in [0, 0.05) is 25.9 Å². The Kier molecular flexibility index (Phi) is 5.33. The lowest BCUT2D eigenvalue weighted by Gasteiger charge is -2.10. The van der Waals surface area contributed by atoms with Crippen molar-refractivity contribution >= 4 is 16.9 Å². The predicted octanol–water partition coefficient (Wildman–Crippen LogP) is 3.16. The van der Waals surface area contributed by atoms with E-state index in [0.717, 1.165) is 29.2 Å². The van der Waals surface area contributed by atoms with Crippen molar-refractivity contribution in [1.29, 1.82) is 0 Å². The van der Waals surface area contributed by atoms with Crippen molar-refractivity contribution in [2.24, 2.45) is 0 Å². The summed E-state index contributed by atoms with van der Waals surface area (Å²) in [5.41, 5.74) is 3.27. The highest BCUT2D eigenvalue weighted by Crippen LogP contribution is 2.19. The minimum absolute atomic E-state index is 0.0674. The second-order valence-corrected chi connectivity index (χ2v) is 5.90. The number of rotatable bonds is 7. The Hall–Kier alpha value is -2.82. The first-order valence-electron chi connectivity index (χ1n) is 8.55. The predicted molar refractivity (Wildman–Crippen MR) is 98.8 cm³/mol. The monoisotopic (exact) mass is 337 g/mol. The van der Waals surface area contributed by atoms with Gasteiger partial charge in [0.05, 0.1) is 18.1 Å². The lowest BCUT2D eigenvalue weighted by Crippen LogP contribution is -2.25. The van der Waals surface area contributed by atoms with Crippen LogP contribution in [0.5, 0.6) is 5.75 Å². The molecular weight excluding hydrogens is 314 g/mol. The fraction of sp³-hybridized carbons (Fsp3) is 0.300. The molecule has 5 heteroatoms. The number of carbonyl (C=O) groups is 1. The van der Waals surface area contributed by atoms with E-state index in [0.29, 0.717) is 19.4 Å². The van der Waals surface area contributed by atoms with Crippen molar-refractivity contribution in [2.75, 3.05) is 13.7 Å². The SMILES string of the molecule is CCC(=O)NCCc1nc2ccccc2n1Cc1ccc(OC)cc1. The summed E-state index contributed by atoms with van der Waals surface area (Å²) in [6, 6.07) is 16.2. The summed E-state index contributed by atoms with van der Waals surface area (Å²) in [5.74, 6) is 1.90. The zero-order valence-corrected chi connectivity index (χ0v) is 14.7. The maximum absolute atomic E-state index is 11.5. The van der Waals surface area contributed by atoms with Gasteiger partial charge < -0.3 is 14.6 Å². The smallest absolute Gasteiger partial charge is 0.219 e. The average molecular weight is 337 g/mol. The number of methoxy groups -OCH3 is 1. The first-order chi connectivity index (χ1) is 12.2. The summed E-state index contributed by atoms with van der Waals surface area (Å²) < 4.78 is 7.44. The fourth-order valence-corrected chi connectivity index (χ4v) is 2.84. The highest BCUT2D eigenvalue weighted by molar-refractivity contribution is 5.76. The van der Waals surface area contributed by atoms with Crippen molar-refractivity contribution < 1.29 is 9.53 Å². The van der Waals surface area contributed by atoms with Crippen LogP contribution in [0.2, 0.25) is 0 Å². The second-order valence-electron chi connectivity index (χ2n) is 5.90. The highest BCUT2D eigenvalue weighted by Gasteiger charge is 2.11. The number of aromatic nitrogens is 2. The van der Waals surface area contributed by atoms with Crippen LogP contribution in [0.1, 0.15) is 24.7 Å². The van der Waals surface area contributed by atoms with Crippen molar-refractivity contribution in [3.05, 3.63) is 59.9 Å². The normalized spacial score (nSPS) is 10.8. The molecule has 0 bridgehead atoms. The van der Waals surface area contributed by atoms with Gasteiger partial charge in [0.1, 0.15) is 11.6 Å². The third-order valence-corrected chi connectivity index (χ3v) is 4.23. The number of amides is 1. The molecule has 3 aromatic rings. The average Bonchev–Trinajstić information content (AvgIpc) is 3.00. The molecule has 0 aliphatic carbocycles. The maximum atomic E-state index is 11.5. The number of hydrogen-bond donors (Lipinski definition) is 1. The van der Waals surface area contributed by atoms with Gasteiger partial charge in [-0.2, -0.15) is 0 Å². The molecule has 1 N–H and O–H groups in total. The number of ether oxygens (including phenoxy) is 1.